The van der Waals surface area contributed by atoms with Crippen molar-refractivity contribution < 1.29 is 0 Å². The lowest BCUT2D eigenvalue weighted by Gasteiger charge is -2.29. The smallest absolute Gasteiger partial charge is 0.00952 e. The molecule has 0 aliphatic heterocycles. The van der Waals surface area contributed by atoms with Gasteiger partial charge >= 0.3 is 0 Å². The van der Waals surface area contributed by atoms with Gasteiger partial charge in [0.1, 0.15) is 0 Å². The number of nitrogens with two attached hydrogens (primary N) is 1. The number of hydrogen-bond acceptors (Lipinski definition) is 1. The zero-order chi connectivity index (χ0) is 9.72. The second-order valence-electron chi connectivity index (χ2n) is 4.26. The van der Waals surface area contributed by atoms with Crippen molar-refractivity contribution >= 4 is 0 Å². The molecule has 0 aliphatic rings. The largest absolute Gasteiger partial charge is 0.327 e. The first-order valence-electron chi connectivity index (χ1n) is 5.30. The van der Waals surface area contributed by atoms with E-state index < -0.39 is 0 Å². The van der Waals surface area contributed by atoms with Crippen molar-refractivity contribution in [1.29, 1.82) is 0 Å². The molecule has 0 fully saturated rings. The molecule has 0 saturated carbocycles. The zero-order valence-corrected chi connectivity index (χ0v) is 9.30. The van der Waals surface area contributed by atoms with Gasteiger partial charge in [-0.25, -0.2) is 0 Å². The average molecular weight is 171 g/mol. The van der Waals surface area contributed by atoms with Crippen LogP contribution in [-0.2, 0) is 0 Å². The number of hydrogen-bond donors (Lipinski definition) is 1. The minimum Gasteiger partial charge on any atom is -0.327 e. The molecule has 2 atom stereocenters. The minimum absolute atomic E-state index is 0.389. The molecule has 0 amide bonds. The van der Waals surface area contributed by atoms with E-state index in [9.17, 15) is 0 Å². The molecule has 0 aromatic heterocycles. The van der Waals surface area contributed by atoms with Crippen molar-refractivity contribution in [3.05, 3.63) is 0 Å². The van der Waals surface area contributed by atoms with Gasteiger partial charge in [-0.1, -0.05) is 47.5 Å². The van der Waals surface area contributed by atoms with E-state index in [1.54, 1.807) is 0 Å². The maximum Gasteiger partial charge on any atom is 0.00952 e. The van der Waals surface area contributed by atoms with Gasteiger partial charge in [-0.3, -0.25) is 0 Å². The third-order valence-electron chi connectivity index (χ3n) is 3.25. The molecule has 1 nitrogen and oxygen atoms in total. The average Bonchev–Trinajstić information content (AvgIpc) is 2.05. The Balaban J connectivity index is 4.05. The molecule has 0 radical (unpaired) electrons. The van der Waals surface area contributed by atoms with E-state index in [1.807, 2.05) is 0 Å². The van der Waals surface area contributed by atoms with Crippen LogP contribution in [-0.4, -0.2) is 6.04 Å². The van der Waals surface area contributed by atoms with Crippen LogP contribution in [0.25, 0.3) is 0 Å². The van der Waals surface area contributed by atoms with Gasteiger partial charge in [0.2, 0.25) is 0 Å². The summed E-state index contributed by atoms with van der Waals surface area (Å²) in [5.41, 5.74) is 6.18. The lowest BCUT2D eigenvalue weighted by atomic mass is 9.81. The molecule has 74 valence electrons. The fourth-order valence-electron chi connectivity index (χ4n) is 1.71. The maximum atomic E-state index is 6.18. The molecule has 0 aromatic carbocycles. The molecule has 0 aliphatic carbocycles. The van der Waals surface area contributed by atoms with E-state index in [4.69, 9.17) is 5.73 Å². The normalized spacial score (nSPS) is 17.0. The Morgan fingerprint density at radius 2 is 1.42 bits per heavy atom. The summed E-state index contributed by atoms with van der Waals surface area (Å²) >= 11 is 0. The Kier molecular flexibility index (Phi) is 5.56. The van der Waals surface area contributed by atoms with Gasteiger partial charge in [-0.15, -0.1) is 0 Å². The lowest BCUT2D eigenvalue weighted by Crippen LogP contribution is -2.38. The van der Waals surface area contributed by atoms with Gasteiger partial charge in [-0.05, 0) is 17.8 Å². The first kappa shape index (κ1) is 12.0. The summed E-state index contributed by atoms with van der Waals surface area (Å²) < 4.78 is 0. The second kappa shape index (κ2) is 5.58. The predicted molar refractivity (Wildman–Crippen MR) is 56.0 cm³/mol. The minimum atomic E-state index is 0.389. The number of rotatable bonds is 5. The molecule has 0 aromatic rings. The fraction of sp³-hybridized carbons (Fsp3) is 1.00. The Hall–Kier alpha value is -0.0400. The van der Waals surface area contributed by atoms with E-state index in [1.165, 1.54) is 12.8 Å². The standard InChI is InChI=1S/C11H25N/c1-6-10(7-2)11(12)9(5)8(3)4/h8-11H,6-7,12H2,1-5H3. The van der Waals surface area contributed by atoms with Gasteiger partial charge in [-0.2, -0.15) is 0 Å². The van der Waals surface area contributed by atoms with E-state index in [0.717, 1.165) is 0 Å². The van der Waals surface area contributed by atoms with Gasteiger partial charge in [0.15, 0.2) is 0 Å². The Morgan fingerprint density at radius 3 is 1.67 bits per heavy atom. The van der Waals surface area contributed by atoms with E-state index in [-0.39, 0.29) is 0 Å². The van der Waals surface area contributed by atoms with E-state index >= 15 is 0 Å². The third kappa shape index (κ3) is 3.14. The van der Waals surface area contributed by atoms with Crippen LogP contribution in [0.15, 0.2) is 0 Å². The van der Waals surface area contributed by atoms with Crippen LogP contribution in [0.5, 0.6) is 0 Å². The SMILES string of the molecule is CCC(CC)C(N)C(C)C(C)C. The molecule has 0 bridgehead atoms. The Morgan fingerprint density at radius 1 is 1.00 bits per heavy atom. The highest BCUT2D eigenvalue weighted by atomic mass is 14.7. The Labute approximate surface area is 77.7 Å². The van der Waals surface area contributed by atoms with Crippen LogP contribution in [0.2, 0.25) is 0 Å². The third-order valence-corrected chi connectivity index (χ3v) is 3.25. The molecule has 0 spiro atoms. The highest BCUT2D eigenvalue weighted by molar-refractivity contribution is 4.77. The van der Waals surface area contributed by atoms with E-state index in [2.05, 4.69) is 34.6 Å². The highest BCUT2D eigenvalue weighted by Crippen LogP contribution is 2.22. The summed E-state index contributed by atoms with van der Waals surface area (Å²) in [7, 11) is 0. The van der Waals surface area contributed by atoms with Crippen LogP contribution in [0, 0.1) is 17.8 Å². The first-order valence-corrected chi connectivity index (χ1v) is 5.30. The molecular formula is C11H25N. The van der Waals surface area contributed by atoms with Gasteiger partial charge < -0.3 is 5.73 Å². The van der Waals surface area contributed by atoms with Gasteiger partial charge in [0.25, 0.3) is 0 Å². The first-order chi connectivity index (χ1) is 5.54. The van der Waals surface area contributed by atoms with Crippen LogP contribution < -0.4 is 5.73 Å². The molecule has 0 saturated heterocycles. The van der Waals surface area contributed by atoms with Crippen molar-refractivity contribution in [2.75, 3.05) is 0 Å². The lowest BCUT2D eigenvalue weighted by molar-refractivity contribution is 0.256. The summed E-state index contributed by atoms with van der Waals surface area (Å²) in [5, 5.41) is 0. The fourth-order valence-corrected chi connectivity index (χ4v) is 1.71. The van der Waals surface area contributed by atoms with Gasteiger partial charge in [0.05, 0.1) is 0 Å². The van der Waals surface area contributed by atoms with Crippen LogP contribution in [0.1, 0.15) is 47.5 Å². The molecular weight excluding hydrogens is 146 g/mol. The summed E-state index contributed by atoms with van der Waals surface area (Å²) in [6, 6.07) is 0.389. The quantitative estimate of drug-likeness (QED) is 0.676. The highest BCUT2D eigenvalue weighted by Gasteiger charge is 2.22. The van der Waals surface area contributed by atoms with Crippen LogP contribution in [0.3, 0.4) is 0 Å². The van der Waals surface area contributed by atoms with Crippen LogP contribution >= 0.6 is 0 Å². The molecule has 12 heavy (non-hydrogen) atoms. The summed E-state index contributed by atoms with van der Waals surface area (Å²) in [4.78, 5) is 0. The summed E-state index contributed by atoms with van der Waals surface area (Å²) in [6.45, 7) is 11.3. The monoisotopic (exact) mass is 171 g/mol. The van der Waals surface area contributed by atoms with Gasteiger partial charge in [0, 0.05) is 6.04 Å². The molecule has 2 unspecified atom stereocenters. The summed E-state index contributed by atoms with van der Waals surface area (Å²) in [6.07, 6.45) is 2.43. The second-order valence-corrected chi connectivity index (χ2v) is 4.26. The molecule has 0 rings (SSSR count). The topological polar surface area (TPSA) is 26.0 Å². The van der Waals surface area contributed by atoms with Crippen molar-refractivity contribution in [2.24, 2.45) is 23.5 Å². The maximum absolute atomic E-state index is 6.18. The van der Waals surface area contributed by atoms with Crippen molar-refractivity contribution in [1.82, 2.24) is 0 Å². The molecule has 2 N–H and O–H groups in total. The Bertz CT molecular complexity index is 104. The predicted octanol–water partition coefficient (Wildman–Crippen LogP) is 3.04. The summed E-state index contributed by atoms with van der Waals surface area (Å²) in [5.74, 6) is 2.07. The van der Waals surface area contributed by atoms with Crippen molar-refractivity contribution in [2.45, 2.75) is 53.5 Å². The zero-order valence-electron chi connectivity index (χ0n) is 9.30. The van der Waals surface area contributed by atoms with Crippen molar-refractivity contribution in [3.63, 3.8) is 0 Å². The van der Waals surface area contributed by atoms with Crippen LogP contribution in [0.4, 0.5) is 0 Å². The molecule has 1 heteroatoms. The van der Waals surface area contributed by atoms with E-state index in [0.29, 0.717) is 23.8 Å². The molecule has 0 heterocycles. The van der Waals surface area contributed by atoms with Crippen molar-refractivity contribution in [3.8, 4) is 0 Å².